The van der Waals surface area contributed by atoms with Gasteiger partial charge >= 0.3 is 0 Å². The number of rotatable bonds is 8. The first kappa shape index (κ1) is 16.2. The number of nitrogens with one attached hydrogen (secondary N) is 2. The summed E-state index contributed by atoms with van der Waals surface area (Å²) in [5.74, 6) is 1.32. The van der Waals surface area contributed by atoms with E-state index in [1.54, 1.807) is 6.07 Å². The van der Waals surface area contributed by atoms with Gasteiger partial charge in [0.15, 0.2) is 0 Å². The molecule has 0 aromatic carbocycles. The summed E-state index contributed by atoms with van der Waals surface area (Å²) in [6.07, 6.45) is 2.27. The Labute approximate surface area is 115 Å². The van der Waals surface area contributed by atoms with Crippen molar-refractivity contribution in [1.82, 2.24) is 10.0 Å². The van der Waals surface area contributed by atoms with Crippen LogP contribution < -0.4 is 10.0 Å². The first-order valence-corrected chi connectivity index (χ1v) is 8.09. The van der Waals surface area contributed by atoms with Crippen molar-refractivity contribution in [2.24, 2.45) is 5.92 Å². The van der Waals surface area contributed by atoms with E-state index in [9.17, 15) is 8.42 Å². The molecule has 0 amide bonds. The quantitative estimate of drug-likeness (QED) is 0.768. The molecule has 0 saturated heterocycles. The van der Waals surface area contributed by atoms with Crippen LogP contribution in [0.15, 0.2) is 21.6 Å². The minimum Gasteiger partial charge on any atom is -0.447 e. The largest absolute Gasteiger partial charge is 0.447 e. The fourth-order valence-corrected chi connectivity index (χ4v) is 2.32. The van der Waals surface area contributed by atoms with Gasteiger partial charge in [0.05, 0.1) is 6.54 Å². The lowest BCUT2D eigenvalue weighted by Gasteiger charge is -2.13. The summed E-state index contributed by atoms with van der Waals surface area (Å²) in [5, 5.41) is 3.29. The molecule has 110 valence electrons. The normalized spacial score (nSPS) is 13.9. The lowest BCUT2D eigenvalue weighted by molar-refractivity contribution is 0.379. The van der Waals surface area contributed by atoms with Crippen molar-refractivity contribution in [1.29, 1.82) is 0 Å². The van der Waals surface area contributed by atoms with Crippen LogP contribution in [0.1, 0.15) is 39.4 Å². The van der Waals surface area contributed by atoms with Crippen molar-refractivity contribution in [3.8, 4) is 0 Å². The summed E-state index contributed by atoms with van der Waals surface area (Å²) < 4.78 is 30.5. The first-order valence-electron chi connectivity index (χ1n) is 6.60. The summed E-state index contributed by atoms with van der Waals surface area (Å²) in [6.45, 7) is 7.07. The van der Waals surface area contributed by atoms with Gasteiger partial charge in [-0.2, -0.15) is 0 Å². The molecule has 0 aliphatic heterocycles. The zero-order valence-electron chi connectivity index (χ0n) is 12.1. The van der Waals surface area contributed by atoms with Crippen LogP contribution in [0.5, 0.6) is 0 Å². The van der Waals surface area contributed by atoms with E-state index in [4.69, 9.17) is 4.42 Å². The molecule has 1 rings (SSSR count). The minimum absolute atomic E-state index is 0.0402. The Kier molecular flexibility index (Phi) is 6.03. The Morgan fingerprint density at radius 2 is 1.89 bits per heavy atom. The summed E-state index contributed by atoms with van der Waals surface area (Å²) in [5.41, 5.74) is 0. The number of furan rings is 1. The Bertz CT molecular complexity index is 480. The van der Waals surface area contributed by atoms with Gasteiger partial charge in [-0.1, -0.05) is 13.8 Å². The van der Waals surface area contributed by atoms with Crippen LogP contribution in [0.4, 0.5) is 0 Å². The molecule has 0 aliphatic rings. The van der Waals surface area contributed by atoms with E-state index in [1.165, 1.54) is 19.5 Å². The predicted molar refractivity (Wildman–Crippen MR) is 75.3 cm³/mol. The van der Waals surface area contributed by atoms with Crippen LogP contribution in [0.25, 0.3) is 0 Å². The average molecular weight is 288 g/mol. The van der Waals surface area contributed by atoms with Gasteiger partial charge in [0, 0.05) is 6.04 Å². The zero-order chi connectivity index (χ0) is 14.5. The van der Waals surface area contributed by atoms with Crippen LogP contribution in [0, 0.1) is 5.92 Å². The number of hydrogen-bond donors (Lipinski definition) is 2. The molecule has 1 aromatic heterocycles. The molecule has 0 saturated carbocycles. The van der Waals surface area contributed by atoms with E-state index >= 15 is 0 Å². The molecule has 1 atom stereocenters. The Hall–Kier alpha value is -0.850. The van der Waals surface area contributed by atoms with Gasteiger partial charge in [0.25, 0.3) is 10.0 Å². The van der Waals surface area contributed by atoms with E-state index in [-0.39, 0.29) is 5.09 Å². The summed E-state index contributed by atoms with van der Waals surface area (Å²) >= 11 is 0. The van der Waals surface area contributed by atoms with E-state index in [0.717, 1.165) is 6.42 Å². The van der Waals surface area contributed by atoms with Crippen LogP contribution in [-0.4, -0.2) is 21.5 Å². The van der Waals surface area contributed by atoms with Crippen molar-refractivity contribution in [2.45, 2.75) is 51.3 Å². The van der Waals surface area contributed by atoms with E-state index in [2.05, 4.69) is 30.8 Å². The molecule has 0 spiro atoms. The molecule has 0 bridgehead atoms. The molecular weight excluding hydrogens is 264 g/mol. The van der Waals surface area contributed by atoms with E-state index in [1.807, 2.05) is 0 Å². The van der Waals surface area contributed by atoms with Crippen molar-refractivity contribution < 1.29 is 12.8 Å². The summed E-state index contributed by atoms with van der Waals surface area (Å²) in [4.78, 5) is 0. The van der Waals surface area contributed by atoms with E-state index in [0.29, 0.717) is 24.3 Å². The molecule has 0 radical (unpaired) electrons. The zero-order valence-corrected chi connectivity index (χ0v) is 12.9. The third-order valence-corrected chi connectivity index (χ3v) is 4.26. The topological polar surface area (TPSA) is 71.3 Å². The molecule has 19 heavy (non-hydrogen) atoms. The lowest BCUT2D eigenvalue weighted by atomic mass is 10.0. The predicted octanol–water partition coefficient (Wildman–Crippen LogP) is 2.10. The second-order valence-corrected chi connectivity index (χ2v) is 7.00. The Balaban J connectivity index is 2.47. The third kappa shape index (κ3) is 5.34. The first-order chi connectivity index (χ1) is 8.85. The Morgan fingerprint density at radius 1 is 1.21 bits per heavy atom. The molecule has 6 heteroatoms. The number of sulfonamides is 1. The molecule has 2 N–H and O–H groups in total. The molecule has 5 nitrogen and oxygen atoms in total. The number of hydrogen-bond acceptors (Lipinski definition) is 4. The van der Waals surface area contributed by atoms with Crippen molar-refractivity contribution in [3.63, 3.8) is 0 Å². The maximum absolute atomic E-state index is 11.5. The van der Waals surface area contributed by atoms with Crippen LogP contribution in [0.2, 0.25) is 0 Å². The fraction of sp³-hybridized carbons (Fsp3) is 0.692. The average Bonchev–Trinajstić information content (AvgIpc) is 2.83. The smallest absolute Gasteiger partial charge is 0.273 e. The summed E-state index contributed by atoms with van der Waals surface area (Å²) in [7, 11) is -2.12. The summed E-state index contributed by atoms with van der Waals surface area (Å²) in [6, 6.07) is 3.55. The molecule has 1 heterocycles. The van der Waals surface area contributed by atoms with Gasteiger partial charge in [0.2, 0.25) is 5.09 Å². The van der Waals surface area contributed by atoms with Gasteiger partial charge in [-0.05, 0) is 44.9 Å². The van der Waals surface area contributed by atoms with Crippen LogP contribution in [-0.2, 0) is 16.6 Å². The maximum atomic E-state index is 11.5. The molecule has 1 aromatic rings. The lowest BCUT2D eigenvalue weighted by Crippen LogP contribution is -2.25. The maximum Gasteiger partial charge on any atom is 0.273 e. The van der Waals surface area contributed by atoms with E-state index < -0.39 is 10.0 Å². The highest BCUT2D eigenvalue weighted by Crippen LogP contribution is 2.14. The van der Waals surface area contributed by atoms with Gasteiger partial charge in [0.1, 0.15) is 5.76 Å². The van der Waals surface area contributed by atoms with Gasteiger partial charge < -0.3 is 9.73 Å². The van der Waals surface area contributed by atoms with Crippen LogP contribution in [0.3, 0.4) is 0 Å². The van der Waals surface area contributed by atoms with Crippen LogP contribution >= 0.6 is 0 Å². The molecule has 1 unspecified atom stereocenters. The highest BCUT2D eigenvalue weighted by Gasteiger charge is 2.16. The fourth-order valence-electron chi connectivity index (χ4n) is 1.66. The van der Waals surface area contributed by atoms with Gasteiger partial charge in [-0.3, -0.25) is 0 Å². The SMILES string of the molecule is CNS(=O)(=O)c1ccc(CNC(C)CCC(C)C)o1. The van der Waals surface area contributed by atoms with Crippen molar-refractivity contribution in [2.75, 3.05) is 7.05 Å². The molecule has 0 fully saturated rings. The highest BCUT2D eigenvalue weighted by atomic mass is 32.2. The molecule has 0 aliphatic carbocycles. The minimum atomic E-state index is -3.48. The third-order valence-electron chi connectivity index (χ3n) is 2.97. The van der Waals surface area contributed by atoms with Gasteiger partial charge in [-0.15, -0.1) is 0 Å². The Morgan fingerprint density at radius 3 is 2.47 bits per heavy atom. The standard InChI is InChI=1S/C13H24N2O3S/c1-10(2)5-6-11(3)15-9-12-7-8-13(18-12)19(16,17)14-4/h7-8,10-11,14-15H,5-6,9H2,1-4H3. The second kappa shape index (κ2) is 7.07. The van der Waals surface area contributed by atoms with Crippen molar-refractivity contribution in [3.05, 3.63) is 17.9 Å². The highest BCUT2D eigenvalue weighted by molar-refractivity contribution is 7.89. The van der Waals surface area contributed by atoms with Crippen molar-refractivity contribution >= 4 is 10.0 Å². The monoisotopic (exact) mass is 288 g/mol. The second-order valence-electron chi connectivity index (χ2n) is 5.18. The van der Waals surface area contributed by atoms with Gasteiger partial charge in [-0.25, -0.2) is 13.1 Å². The molecular formula is C13H24N2O3S.